The molecule has 1 aliphatic heterocycles. The summed E-state index contributed by atoms with van der Waals surface area (Å²) in [6.45, 7) is 2.48. The zero-order valence-electron chi connectivity index (χ0n) is 19.2. The Hall–Kier alpha value is -3.50. The normalized spacial score (nSPS) is 12.6. The van der Waals surface area contributed by atoms with Gasteiger partial charge >= 0.3 is 0 Å². The van der Waals surface area contributed by atoms with Crippen molar-refractivity contribution in [1.29, 1.82) is 5.26 Å². The first kappa shape index (κ1) is 24.6. The van der Waals surface area contributed by atoms with Crippen LogP contribution in [-0.2, 0) is 18.4 Å². The number of nitrogens with zero attached hydrogens (tertiary/aromatic N) is 3. The molecule has 8 heteroatoms. The van der Waals surface area contributed by atoms with Crippen LogP contribution in [0.3, 0.4) is 0 Å². The average molecular weight is 508 g/mol. The summed E-state index contributed by atoms with van der Waals surface area (Å²) in [5.74, 6) is 1.28. The second-order valence-electron chi connectivity index (χ2n) is 8.15. The van der Waals surface area contributed by atoms with Crippen LogP contribution in [0.25, 0.3) is 11.1 Å². The molecule has 2 heterocycles. The van der Waals surface area contributed by atoms with E-state index in [0.29, 0.717) is 22.1 Å². The molecule has 6 nitrogen and oxygen atoms in total. The first-order valence-electron chi connectivity index (χ1n) is 10.8. The maximum Gasteiger partial charge on any atom is 0.231 e. The number of nitriles is 1. The molecular formula is C27H23Cl2N3O3. The molecule has 0 saturated heterocycles. The average Bonchev–Trinajstić information content (AvgIpc) is 3.48. The number of fused-ring (bicyclic) bond motifs is 1. The van der Waals surface area contributed by atoms with Crippen molar-refractivity contribution in [2.24, 2.45) is 7.05 Å². The predicted octanol–water partition coefficient (Wildman–Crippen LogP) is 6.38. The number of aromatic nitrogens is 2. The van der Waals surface area contributed by atoms with Crippen molar-refractivity contribution in [3.8, 4) is 28.7 Å². The van der Waals surface area contributed by atoms with E-state index >= 15 is 0 Å². The zero-order chi connectivity index (χ0) is 23.7. The van der Waals surface area contributed by atoms with Gasteiger partial charge in [0.15, 0.2) is 11.5 Å². The first-order valence-corrected chi connectivity index (χ1v) is 11.2. The lowest BCUT2D eigenvalue weighted by Crippen LogP contribution is -2.11. The quantitative estimate of drug-likeness (QED) is 0.303. The van der Waals surface area contributed by atoms with E-state index in [9.17, 15) is 5.26 Å². The van der Waals surface area contributed by atoms with E-state index in [2.05, 4.69) is 11.1 Å². The van der Waals surface area contributed by atoms with Crippen LogP contribution < -0.4 is 9.47 Å². The van der Waals surface area contributed by atoms with E-state index in [4.69, 9.17) is 25.8 Å². The minimum atomic E-state index is -0.426. The molecule has 0 amide bonds. The molecule has 0 fully saturated rings. The van der Waals surface area contributed by atoms with Crippen molar-refractivity contribution < 1.29 is 14.2 Å². The van der Waals surface area contributed by atoms with E-state index in [1.807, 2.05) is 67.1 Å². The Morgan fingerprint density at radius 1 is 1.11 bits per heavy atom. The summed E-state index contributed by atoms with van der Waals surface area (Å²) in [7, 11) is 1.93. The maximum atomic E-state index is 9.76. The number of hydrogen-bond acceptors (Lipinski definition) is 5. The summed E-state index contributed by atoms with van der Waals surface area (Å²) < 4.78 is 19.3. The predicted molar refractivity (Wildman–Crippen MR) is 136 cm³/mol. The van der Waals surface area contributed by atoms with Crippen LogP contribution in [0.2, 0.25) is 5.02 Å². The van der Waals surface area contributed by atoms with Crippen molar-refractivity contribution in [3.05, 3.63) is 100 Å². The zero-order valence-corrected chi connectivity index (χ0v) is 20.8. The third-order valence-corrected chi connectivity index (χ3v) is 6.32. The van der Waals surface area contributed by atoms with Gasteiger partial charge < -0.3 is 18.8 Å². The van der Waals surface area contributed by atoms with Crippen molar-refractivity contribution in [3.63, 3.8) is 0 Å². The van der Waals surface area contributed by atoms with Gasteiger partial charge in [-0.15, -0.1) is 12.4 Å². The van der Waals surface area contributed by atoms with E-state index in [0.717, 1.165) is 33.5 Å². The van der Waals surface area contributed by atoms with Gasteiger partial charge in [-0.3, -0.25) is 0 Å². The minimum Gasteiger partial charge on any atom is -0.454 e. The van der Waals surface area contributed by atoms with Gasteiger partial charge in [0.05, 0.1) is 41.5 Å². The molecule has 0 radical (unpaired) electrons. The summed E-state index contributed by atoms with van der Waals surface area (Å²) in [6, 6.07) is 19.8. The number of ether oxygens (including phenoxy) is 3. The number of halogens is 2. The highest BCUT2D eigenvalue weighted by molar-refractivity contribution is 6.31. The number of benzene rings is 3. The van der Waals surface area contributed by atoms with Gasteiger partial charge in [0, 0.05) is 24.2 Å². The third-order valence-electron chi connectivity index (χ3n) is 5.97. The fourth-order valence-corrected chi connectivity index (χ4v) is 4.34. The van der Waals surface area contributed by atoms with Crippen LogP contribution in [0.5, 0.6) is 11.5 Å². The lowest BCUT2D eigenvalue weighted by Gasteiger charge is -2.21. The van der Waals surface area contributed by atoms with E-state index < -0.39 is 6.10 Å². The smallest absolute Gasteiger partial charge is 0.231 e. The van der Waals surface area contributed by atoms with Gasteiger partial charge in [-0.1, -0.05) is 41.9 Å². The highest BCUT2D eigenvalue weighted by atomic mass is 35.5. The van der Waals surface area contributed by atoms with Crippen LogP contribution in [0.1, 0.15) is 34.1 Å². The third kappa shape index (κ3) is 4.85. The molecule has 1 aromatic heterocycles. The fourth-order valence-electron chi connectivity index (χ4n) is 4.14. The van der Waals surface area contributed by atoms with E-state index in [1.165, 1.54) is 0 Å². The Balaban J connectivity index is 0.00000289. The topological polar surface area (TPSA) is 69.3 Å². The van der Waals surface area contributed by atoms with E-state index in [-0.39, 0.29) is 25.8 Å². The first-order chi connectivity index (χ1) is 16.5. The molecule has 0 N–H and O–H groups in total. The fraction of sp³-hybridized carbons (Fsp3) is 0.185. The Morgan fingerprint density at radius 2 is 1.89 bits per heavy atom. The largest absolute Gasteiger partial charge is 0.454 e. The maximum absolute atomic E-state index is 9.76. The van der Waals surface area contributed by atoms with Crippen molar-refractivity contribution in [2.75, 3.05) is 6.79 Å². The van der Waals surface area contributed by atoms with Crippen molar-refractivity contribution in [1.82, 2.24) is 9.55 Å². The molecule has 35 heavy (non-hydrogen) atoms. The van der Waals surface area contributed by atoms with E-state index in [1.54, 1.807) is 18.6 Å². The number of hydrogen-bond donors (Lipinski definition) is 0. The molecule has 1 atom stereocenters. The molecule has 5 rings (SSSR count). The lowest BCUT2D eigenvalue weighted by molar-refractivity contribution is 0.0621. The summed E-state index contributed by atoms with van der Waals surface area (Å²) in [4.78, 5) is 4.28. The summed E-state index contributed by atoms with van der Waals surface area (Å²) in [6.07, 6.45) is 3.10. The lowest BCUT2D eigenvalue weighted by atomic mass is 9.93. The Morgan fingerprint density at radius 3 is 2.60 bits per heavy atom. The van der Waals surface area contributed by atoms with Crippen LogP contribution in [0.4, 0.5) is 0 Å². The second kappa shape index (κ2) is 10.4. The molecule has 0 bridgehead atoms. The molecule has 0 saturated carbocycles. The van der Waals surface area contributed by atoms with Crippen LogP contribution in [-0.4, -0.2) is 16.3 Å². The molecule has 3 aromatic carbocycles. The molecule has 0 aliphatic carbocycles. The molecule has 4 aromatic rings. The summed E-state index contributed by atoms with van der Waals surface area (Å²) in [5.41, 5.74) is 6.20. The molecule has 178 valence electrons. The molecular weight excluding hydrogens is 485 g/mol. The SMILES string of the molecule is Cc1ccccc1-c1cc(C(OCc2cc3c(cc2Cl)OCO3)c2cncn2C)ccc1C#N.Cl. The second-order valence-corrected chi connectivity index (χ2v) is 8.56. The molecule has 0 spiro atoms. The van der Waals surface area contributed by atoms with Gasteiger partial charge in [-0.05, 0) is 41.8 Å². The minimum absolute atomic E-state index is 0. The Labute approximate surface area is 215 Å². The van der Waals surface area contributed by atoms with Gasteiger partial charge in [-0.2, -0.15) is 5.26 Å². The van der Waals surface area contributed by atoms with Gasteiger partial charge in [-0.25, -0.2) is 4.98 Å². The van der Waals surface area contributed by atoms with Crippen LogP contribution in [0, 0.1) is 18.3 Å². The highest BCUT2D eigenvalue weighted by Gasteiger charge is 2.22. The summed E-state index contributed by atoms with van der Waals surface area (Å²) in [5, 5.41) is 10.3. The van der Waals surface area contributed by atoms with Gasteiger partial charge in [0.1, 0.15) is 6.10 Å². The Kier molecular flexibility index (Phi) is 7.32. The molecule has 1 aliphatic rings. The van der Waals surface area contributed by atoms with Crippen LogP contribution in [0.15, 0.2) is 67.1 Å². The van der Waals surface area contributed by atoms with Crippen molar-refractivity contribution >= 4 is 24.0 Å². The monoisotopic (exact) mass is 507 g/mol. The van der Waals surface area contributed by atoms with Crippen molar-refractivity contribution in [2.45, 2.75) is 19.6 Å². The Bertz CT molecular complexity index is 1410. The molecule has 1 unspecified atom stereocenters. The standard InChI is InChI=1S/C27H22ClN3O3.ClH/c1-17-5-3-4-6-21(17)22-9-18(7-8-19(22)12-29)27(24-13-30-15-31(24)2)32-14-20-10-25-26(11-23(20)28)34-16-33-25;/h3-11,13,15,27H,14,16H2,1-2H3;1H. The number of aryl methyl sites for hydroxylation is 2. The summed E-state index contributed by atoms with van der Waals surface area (Å²) >= 11 is 6.49. The van der Waals surface area contributed by atoms with Gasteiger partial charge in [0.2, 0.25) is 6.79 Å². The highest BCUT2D eigenvalue weighted by Crippen LogP contribution is 2.38. The number of imidazole rings is 1. The van der Waals surface area contributed by atoms with Crippen LogP contribution >= 0.6 is 24.0 Å². The van der Waals surface area contributed by atoms with Gasteiger partial charge in [0.25, 0.3) is 0 Å². The number of rotatable bonds is 6.